The van der Waals surface area contributed by atoms with Crippen molar-refractivity contribution in [1.29, 1.82) is 0 Å². The number of benzene rings is 3. The number of hydrogen-bond donors (Lipinski definition) is 0. The number of imide groups is 1. The second-order valence-corrected chi connectivity index (χ2v) is 10.0. The third-order valence-electron chi connectivity index (χ3n) is 4.92. The van der Waals surface area contributed by atoms with E-state index in [1.165, 1.54) is 4.90 Å². The predicted molar refractivity (Wildman–Crippen MR) is 137 cm³/mol. The Hall–Kier alpha value is -2.55. The zero-order chi connectivity index (χ0) is 23.4. The number of halogens is 2. The Morgan fingerprint density at radius 2 is 1.52 bits per heavy atom. The third-order valence-corrected chi connectivity index (χ3v) is 6.89. The Balaban J connectivity index is 1.51. The van der Waals surface area contributed by atoms with Crippen LogP contribution in [0.3, 0.4) is 0 Å². The van der Waals surface area contributed by atoms with Crippen molar-refractivity contribution >= 4 is 60.8 Å². The van der Waals surface area contributed by atoms with Gasteiger partial charge in [-0.15, -0.1) is 0 Å². The Labute approximate surface area is 213 Å². The molecule has 1 aliphatic heterocycles. The molecule has 5 nitrogen and oxygen atoms in total. The van der Waals surface area contributed by atoms with Gasteiger partial charge in [0.15, 0.2) is 11.5 Å². The fraction of sp³-hybridized carbons (Fsp3) is 0.120. The second-order valence-electron chi connectivity index (χ2n) is 7.22. The number of ether oxygens (including phenoxy) is 2. The molecule has 33 heavy (non-hydrogen) atoms. The lowest BCUT2D eigenvalue weighted by Crippen LogP contribution is -2.27. The molecule has 0 bridgehead atoms. The van der Waals surface area contributed by atoms with Crippen LogP contribution in [0.25, 0.3) is 6.08 Å². The van der Waals surface area contributed by atoms with Crippen LogP contribution < -0.4 is 9.47 Å². The van der Waals surface area contributed by atoms with Crippen LogP contribution in [0.5, 0.6) is 11.5 Å². The minimum atomic E-state index is -0.305. The lowest BCUT2D eigenvalue weighted by atomic mass is 10.1. The van der Waals surface area contributed by atoms with E-state index in [2.05, 4.69) is 31.9 Å². The first-order valence-corrected chi connectivity index (χ1v) is 12.4. The van der Waals surface area contributed by atoms with Gasteiger partial charge in [0.2, 0.25) is 0 Å². The van der Waals surface area contributed by atoms with Crippen LogP contribution in [0.2, 0.25) is 0 Å². The van der Waals surface area contributed by atoms with Crippen LogP contribution in [0.1, 0.15) is 16.7 Å². The summed E-state index contributed by atoms with van der Waals surface area (Å²) in [5, 5.41) is -0.283. The molecule has 0 aliphatic carbocycles. The summed E-state index contributed by atoms with van der Waals surface area (Å²) in [5.41, 5.74) is 2.64. The van der Waals surface area contributed by atoms with Gasteiger partial charge in [-0.1, -0.05) is 62.2 Å². The monoisotopic (exact) mass is 587 g/mol. The van der Waals surface area contributed by atoms with Crippen LogP contribution in [0.4, 0.5) is 4.79 Å². The van der Waals surface area contributed by atoms with Gasteiger partial charge in [-0.25, -0.2) is 0 Å². The molecular formula is C25H19Br2NO4S. The highest BCUT2D eigenvalue weighted by molar-refractivity contribution is 9.10. The van der Waals surface area contributed by atoms with Crippen LogP contribution in [-0.4, -0.2) is 23.2 Å². The molecule has 168 valence electrons. The van der Waals surface area contributed by atoms with Crippen molar-refractivity contribution in [2.45, 2.75) is 13.2 Å². The first-order valence-electron chi connectivity index (χ1n) is 9.98. The SMILES string of the molecule is COc1ccc(/C=C2\SC(=O)N(Cc3ccc(Br)cc3)C2=O)cc1OCc1ccc(Br)cc1. The maximum absolute atomic E-state index is 12.9. The molecule has 1 aliphatic rings. The van der Waals surface area contributed by atoms with E-state index in [1.54, 1.807) is 25.3 Å². The number of amides is 2. The van der Waals surface area contributed by atoms with Crippen LogP contribution in [0.15, 0.2) is 80.6 Å². The van der Waals surface area contributed by atoms with E-state index in [1.807, 2.05) is 54.6 Å². The first kappa shape index (κ1) is 23.6. The van der Waals surface area contributed by atoms with Gasteiger partial charge in [0.05, 0.1) is 18.6 Å². The number of methoxy groups -OCH3 is 1. The summed E-state index contributed by atoms with van der Waals surface area (Å²) < 4.78 is 13.3. The highest BCUT2D eigenvalue weighted by Crippen LogP contribution is 2.35. The Morgan fingerprint density at radius 3 is 2.15 bits per heavy atom. The van der Waals surface area contributed by atoms with E-state index in [4.69, 9.17) is 9.47 Å². The maximum atomic E-state index is 12.9. The molecule has 1 saturated heterocycles. The molecule has 0 spiro atoms. The molecule has 0 radical (unpaired) electrons. The summed E-state index contributed by atoms with van der Waals surface area (Å²) in [6.07, 6.45) is 1.71. The molecule has 3 aromatic rings. The topological polar surface area (TPSA) is 55.8 Å². The van der Waals surface area contributed by atoms with E-state index >= 15 is 0 Å². The number of carbonyl (C=O) groups is 2. The summed E-state index contributed by atoms with van der Waals surface area (Å²) in [4.78, 5) is 27.0. The molecule has 0 aromatic heterocycles. The largest absolute Gasteiger partial charge is 0.493 e. The van der Waals surface area contributed by atoms with Crippen LogP contribution in [0, 0.1) is 0 Å². The average molecular weight is 589 g/mol. The van der Waals surface area contributed by atoms with E-state index in [-0.39, 0.29) is 17.7 Å². The smallest absolute Gasteiger partial charge is 0.293 e. The Morgan fingerprint density at radius 1 is 0.879 bits per heavy atom. The van der Waals surface area contributed by atoms with Crippen molar-refractivity contribution in [3.8, 4) is 11.5 Å². The Bertz CT molecular complexity index is 1210. The van der Waals surface area contributed by atoms with Gasteiger partial charge < -0.3 is 9.47 Å². The van der Waals surface area contributed by atoms with Gasteiger partial charge in [0, 0.05) is 8.95 Å². The fourth-order valence-electron chi connectivity index (χ4n) is 3.20. The zero-order valence-corrected chi connectivity index (χ0v) is 21.6. The van der Waals surface area contributed by atoms with Gasteiger partial charge >= 0.3 is 0 Å². The number of nitrogens with zero attached hydrogens (tertiary/aromatic N) is 1. The molecule has 0 unspecified atom stereocenters. The molecule has 0 saturated carbocycles. The molecule has 0 atom stereocenters. The lowest BCUT2D eigenvalue weighted by Gasteiger charge is -2.13. The van der Waals surface area contributed by atoms with Crippen molar-refractivity contribution in [3.63, 3.8) is 0 Å². The highest BCUT2D eigenvalue weighted by atomic mass is 79.9. The number of thioether (sulfide) groups is 1. The van der Waals surface area contributed by atoms with Gasteiger partial charge in [0.1, 0.15) is 6.61 Å². The zero-order valence-electron chi connectivity index (χ0n) is 17.6. The molecule has 8 heteroatoms. The van der Waals surface area contributed by atoms with Crippen molar-refractivity contribution in [3.05, 3.63) is 97.3 Å². The maximum Gasteiger partial charge on any atom is 0.293 e. The fourth-order valence-corrected chi connectivity index (χ4v) is 4.56. The van der Waals surface area contributed by atoms with E-state index in [0.717, 1.165) is 37.4 Å². The molecular weight excluding hydrogens is 570 g/mol. The van der Waals surface area contributed by atoms with Gasteiger partial charge in [-0.2, -0.15) is 0 Å². The molecule has 0 N–H and O–H groups in total. The minimum Gasteiger partial charge on any atom is -0.493 e. The summed E-state index contributed by atoms with van der Waals surface area (Å²) >= 11 is 7.75. The quantitative estimate of drug-likeness (QED) is 0.277. The van der Waals surface area contributed by atoms with E-state index < -0.39 is 0 Å². The molecule has 1 fully saturated rings. The third kappa shape index (κ3) is 5.88. The van der Waals surface area contributed by atoms with Crippen molar-refractivity contribution in [2.75, 3.05) is 7.11 Å². The second kappa shape index (κ2) is 10.6. The van der Waals surface area contributed by atoms with E-state index in [0.29, 0.717) is 23.0 Å². The highest BCUT2D eigenvalue weighted by Gasteiger charge is 2.35. The molecule has 1 heterocycles. The van der Waals surface area contributed by atoms with Gasteiger partial charge in [0.25, 0.3) is 11.1 Å². The van der Waals surface area contributed by atoms with Crippen molar-refractivity contribution < 1.29 is 19.1 Å². The summed E-state index contributed by atoms with van der Waals surface area (Å²) in [6, 6.07) is 20.8. The van der Waals surface area contributed by atoms with Gasteiger partial charge in [-0.05, 0) is 70.9 Å². The van der Waals surface area contributed by atoms with Crippen molar-refractivity contribution in [1.82, 2.24) is 4.90 Å². The first-order chi connectivity index (χ1) is 15.9. The number of hydrogen-bond acceptors (Lipinski definition) is 5. The Kier molecular flexibility index (Phi) is 7.57. The standard InChI is InChI=1S/C25H19Br2NO4S/c1-31-21-11-6-18(12-22(21)32-15-17-4-9-20(27)10-5-17)13-23-24(29)28(25(30)33-23)14-16-2-7-19(26)8-3-16/h2-13H,14-15H2,1H3/b23-13-. The van der Waals surface area contributed by atoms with Gasteiger partial charge in [-0.3, -0.25) is 14.5 Å². The summed E-state index contributed by atoms with van der Waals surface area (Å²) in [5.74, 6) is 0.844. The van der Waals surface area contributed by atoms with Crippen molar-refractivity contribution in [2.24, 2.45) is 0 Å². The lowest BCUT2D eigenvalue weighted by molar-refractivity contribution is -0.123. The molecule has 2 amide bonds. The normalized spacial score (nSPS) is 14.8. The number of rotatable bonds is 7. The average Bonchev–Trinajstić information content (AvgIpc) is 3.07. The summed E-state index contributed by atoms with van der Waals surface area (Å²) in [7, 11) is 1.58. The van der Waals surface area contributed by atoms with E-state index in [9.17, 15) is 9.59 Å². The van der Waals surface area contributed by atoms with Crippen LogP contribution >= 0.6 is 43.6 Å². The molecule has 3 aromatic carbocycles. The number of carbonyl (C=O) groups excluding carboxylic acids is 2. The predicted octanol–water partition coefficient (Wildman–Crippen LogP) is 7.04. The minimum absolute atomic E-state index is 0.236. The molecule has 4 rings (SSSR count). The summed E-state index contributed by atoms with van der Waals surface area (Å²) in [6.45, 7) is 0.607. The van der Waals surface area contributed by atoms with Crippen LogP contribution in [-0.2, 0) is 17.9 Å².